The van der Waals surface area contributed by atoms with Crippen molar-refractivity contribution in [1.29, 1.82) is 0 Å². The van der Waals surface area contributed by atoms with Crippen molar-refractivity contribution in [1.82, 2.24) is 19.7 Å². The van der Waals surface area contributed by atoms with E-state index < -0.39 is 5.91 Å². The van der Waals surface area contributed by atoms with Crippen molar-refractivity contribution in [3.8, 4) is 0 Å². The Morgan fingerprint density at radius 3 is 2.89 bits per heavy atom. The van der Waals surface area contributed by atoms with Crippen molar-refractivity contribution in [2.45, 2.75) is 33.2 Å². The molecule has 0 aliphatic rings. The predicted octanol–water partition coefficient (Wildman–Crippen LogP) is 1.14. The summed E-state index contributed by atoms with van der Waals surface area (Å²) in [5.41, 5.74) is 5.31. The zero-order chi connectivity index (χ0) is 13.1. The van der Waals surface area contributed by atoms with Crippen molar-refractivity contribution in [3.63, 3.8) is 0 Å². The molecule has 0 aromatic carbocycles. The molecule has 2 heterocycles. The van der Waals surface area contributed by atoms with Crippen LogP contribution in [0.4, 0.5) is 0 Å². The molecule has 1 amide bonds. The number of aryl methyl sites for hydroxylation is 2. The average molecular weight is 265 g/mol. The van der Waals surface area contributed by atoms with E-state index in [0.29, 0.717) is 12.4 Å². The Labute approximate surface area is 109 Å². The summed E-state index contributed by atoms with van der Waals surface area (Å²) in [4.78, 5) is 20.7. The van der Waals surface area contributed by atoms with Crippen LogP contribution in [0.2, 0.25) is 0 Å². The smallest absolute Gasteiger partial charge is 0.286 e. The minimum absolute atomic E-state index is 0.213. The van der Waals surface area contributed by atoms with E-state index in [1.165, 1.54) is 0 Å². The van der Waals surface area contributed by atoms with Gasteiger partial charge in [-0.25, -0.2) is 14.6 Å². The highest BCUT2D eigenvalue weighted by atomic mass is 32.1. The quantitative estimate of drug-likeness (QED) is 0.878. The standard InChI is InChI=1S/C11H15N5OS/c1-3-4-9-14-11(10(12)17)16(15-9)6-8-5-13-7(2)18-8/h5H,3-4,6H2,1-2H3,(H2,12,17). The highest BCUT2D eigenvalue weighted by molar-refractivity contribution is 7.11. The van der Waals surface area contributed by atoms with E-state index in [4.69, 9.17) is 5.73 Å². The summed E-state index contributed by atoms with van der Waals surface area (Å²) >= 11 is 1.57. The summed E-state index contributed by atoms with van der Waals surface area (Å²) in [6.07, 6.45) is 3.46. The van der Waals surface area contributed by atoms with Crippen LogP contribution >= 0.6 is 11.3 Å². The second kappa shape index (κ2) is 5.26. The number of carbonyl (C=O) groups is 1. The van der Waals surface area contributed by atoms with Crippen LogP contribution in [0, 0.1) is 6.92 Å². The van der Waals surface area contributed by atoms with Crippen molar-refractivity contribution < 1.29 is 4.79 Å². The third kappa shape index (κ3) is 2.73. The number of hydrogen-bond acceptors (Lipinski definition) is 5. The van der Waals surface area contributed by atoms with E-state index in [1.807, 2.05) is 13.8 Å². The van der Waals surface area contributed by atoms with Gasteiger partial charge in [-0.3, -0.25) is 4.79 Å². The van der Waals surface area contributed by atoms with Gasteiger partial charge >= 0.3 is 0 Å². The van der Waals surface area contributed by atoms with Gasteiger partial charge in [-0.2, -0.15) is 5.10 Å². The van der Waals surface area contributed by atoms with Crippen molar-refractivity contribution >= 4 is 17.2 Å². The summed E-state index contributed by atoms with van der Waals surface area (Å²) in [7, 11) is 0. The number of primary amides is 1. The molecule has 2 rings (SSSR count). The minimum Gasteiger partial charge on any atom is -0.363 e. The first-order valence-corrected chi connectivity index (χ1v) is 6.56. The molecule has 0 aliphatic heterocycles. The third-order valence-electron chi connectivity index (χ3n) is 2.38. The normalized spacial score (nSPS) is 10.8. The summed E-state index contributed by atoms with van der Waals surface area (Å²) in [5, 5.41) is 5.30. The van der Waals surface area contributed by atoms with Gasteiger partial charge in [-0.1, -0.05) is 6.92 Å². The van der Waals surface area contributed by atoms with Crippen LogP contribution < -0.4 is 5.73 Å². The van der Waals surface area contributed by atoms with Gasteiger partial charge in [0, 0.05) is 17.5 Å². The van der Waals surface area contributed by atoms with E-state index in [-0.39, 0.29) is 5.82 Å². The predicted molar refractivity (Wildman–Crippen MR) is 68.5 cm³/mol. The fraction of sp³-hybridized carbons (Fsp3) is 0.455. The molecule has 0 atom stereocenters. The number of hydrogen-bond donors (Lipinski definition) is 1. The van der Waals surface area contributed by atoms with E-state index in [9.17, 15) is 4.79 Å². The first-order valence-electron chi connectivity index (χ1n) is 5.75. The van der Waals surface area contributed by atoms with E-state index in [2.05, 4.69) is 15.1 Å². The maximum atomic E-state index is 11.3. The third-order valence-corrected chi connectivity index (χ3v) is 3.28. The molecule has 0 aliphatic carbocycles. The second-order valence-corrected chi connectivity index (χ2v) is 5.29. The van der Waals surface area contributed by atoms with Crippen molar-refractivity contribution in [3.05, 3.63) is 27.7 Å². The van der Waals surface area contributed by atoms with Crippen LogP contribution in [0.3, 0.4) is 0 Å². The van der Waals surface area contributed by atoms with Crippen LogP contribution in [0.1, 0.15) is 39.7 Å². The molecule has 2 aromatic rings. The van der Waals surface area contributed by atoms with Gasteiger partial charge in [0.05, 0.1) is 11.6 Å². The first kappa shape index (κ1) is 12.7. The molecular formula is C11H15N5OS. The molecule has 0 unspecified atom stereocenters. The zero-order valence-corrected chi connectivity index (χ0v) is 11.2. The maximum Gasteiger partial charge on any atom is 0.286 e. The molecular weight excluding hydrogens is 250 g/mol. The number of nitrogens with two attached hydrogens (primary N) is 1. The van der Waals surface area contributed by atoms with Crippen molar-refractivity contribution in [2.75, 3.05) is 0 Å². The number of rotatable bonds is 5. The van der Waals surface area contributed by atoms with Gasteiger partial charge in [0.15, 0.2) is 5.82 Å². The Hall–Kier alpha value is -1.76. The molecule has 0 fully saturated rings. The lowest BCUT2D eigenvalue weighted by atomic mass is 10.3. The van der Waals surface area contributed by atoms with Crippen LogP contribution in [0.5, 0.6) is 0 Å². The Morgan fingerprint density at radius 2 is 2.33 bits per heavy atom. The molecule has 7 heteroatoms. The molecule has 2 aromatic heterocycles. The number of aromatic nitrogens is 4. The zero-order valence-electron chi connectivity index (χ0n) is 10.4. The summed E-state index contributed by atoms with van der Waals surface area (Å²) in [6.45, 7) is 4.46. The lowest BCUT2D eigenvalue weighted by Gasteiger charge is -1.99. The molecule has 18 heavy (non-hydrogen) atoms. The van der Waals surface area contributed by atoms with Gasteiger partial charge in [-0.05, 0) is 13.3 Å². The number of thiazole rings is 1. The van der Waals surface area contributed by atoms with Crippen LogP contribution in [-0.2, 0) is 13.0 Å². The first-order chi connectivity index (χ1) is 8.60. The van der Waals surface area contributed by atoms with Gasteiger partial charge < -0.3 is 5.73 Å². The van der Waals surface area contributed by atoms with Crippen molar-refractivity contribution in [2.24, 2.45) is 5.73 Å². The summed E-state index contributed by atoms with van der Waals surface area (Å²) < 4.78 is 1.56. The number of nitrogens with zero attached hydrogens (tertiary/aromatic N) is 4. The van der Waals surface area contributed by atoms with Gasteiger partial charge in [0.1, 0.15) is 0 Å². The molecule has 0 spiro atoms. The molecule has 2 N–H and O–H groups in total. The van der Waals surface area contributed by atoms with Crippen LogP contribution in [0.25, 0.3) is 0 Å². The molecule has 0 saturated carbocycles. The number of amides is 1. The van der Waals surface area contributed by atoms with E-state index >= 15 is 0 Å². The summed E-state index contributed by atoms with van der Waals surface area (Å²) in [5.74, 6) is 0.322. The maximum absolute atomic E-state index is 11.3. The largest absolute Gasteiger partial charge is 0.363 e. The van der Waals surface area contributed by atoms with Crippen LogP contribution in [-0.4, -0.2) is 25.7 Å². The lowest BCUT2D eigenvalue weighted by Crippen LogP contribution is -2.19. The van der Waals surface area contributed by atoms with Gasteiger partial charge in [0.2, 0.25) is 5.82 Å². The monoisotopic (exact) mass is 265 g/mol. The topological polar surface area (TPSA) is 86.7 Å². The summed E-state index contributed by atoms with van der Waals surface area (Å²) in [6, 6.07) is 0. The van der Waals surface area contributed by atoms with Crippen LogP contribution in [0.15, 0.2) is 6.20 Å². The minimum atomic E-state index is -0.550. The molecule has 0 saturated heterocycles. The molecule has 6 nitrogen and oxygen atoms in total. The Kier molecular flexibility index (Phi) is 3.71. The highest BCUT2D eigenvalue weighted by Gasteiger charge is 2.15. The molecule has 96 valence electrons. The Morgan fingerprint density at radius 1 is 1.56 bits per heavy atom. The average Bonchev–Trinajstić information content (AvgIpc) is 2.87. The van der Waals surface area contributed by atoms with Gasteiger partial charge in [0.25, 0.3) is 5.91 Å². The lowest BCUT2D eigenvalue weighted by molar-refractivity contribution is 0.0985. The Balaban J connectivity index is 2.27. The fourth-order valence-corrected chi connectivity index (χ4v) is 2.41. The molecule has 0 radical (unpaired) electrons. The van der Waals surface area contributed by atoms with E-state index in [1.54, 1.807) is 22.2 Å². The molecule has 0 bridgehead atoms. The van der Waals surface area contributed by atoms with Gasteiger partial charge in [-0.15, -0.1) is 11.3 Å². The number of carbonyl (C=O) groups excluding carboxylic acids is 1. The second-order valence-electron chi connectivity index (χ2n) is 3.97. The SMILES string of the molecule is CCCc1nc(C(N)=O)n(Cc2cnc(C)s2)n1. The van der Waals surface area contributed by atoms with E-state index in [0.717, 1.165) is 22.7 Å². The Bertz CT molecular complexity index is 560. The fourth-order valence-electron chi connectivity index (χ4n) is 1.64. The highest BCUT2D eigenvalue weighted by Crippen LogP contribution is 2.14.